The highest BCUT2D eigenvalue weighted by Gasteiger charge is 2.27. The Bertz CT molecular complexity index is 520. The van der Waals surface area contributed by atoms with Crippen LogP contribution in [0.4, 0.5) is 0 Å². The fraction of sp³-hybridized carbons (Fsp3) is 0.733. The zero-order chi connectivity index (χ0) is 15.6. The van der Waals surface area contributed by atoms with E-state index < -0.39 is 14.0 Å². The zero-order valence-electron chi connectivity index (χ0n) is 13.5. The first-order valence-corrected chi connectivity index (χ1v) is 11.4. The molecule has 0 amide bonds. The lowest BCUT2D eigenvalue weighted by molar-refractivity contribution is 0.0668. The molecule has 1 aromatic heterocycles. The molecule has 0 fully saturated rings. The maximum absolute atomic E-state index is 11.3. The summed E-state index contributed by atoms with van der Waals surface area (Å²) < 4.78 is 7.49. The van der Waals surface area contributed by atoms with Crippen molar-refractivity contribution in [2.75, 3.05) is 6.61 Å². The molecule has 0 saturated carbocycles. The molecule has 1 heterocycles. The lowest BCUT2D eigenvalue weighted by atomic mass is 9.88. The fourth-order valence-corrected chi connectivity index (χ4v) is 3.41. The molecule has 1 aliphatic rings. The minimum Gasteiger partial charge on any atom is -0.476 e. The van der Waals surface area contributed by atoms with Gasteiger partial charge in [-0.25, -0.2) is 9.48 Å². The Morgan fingerprint density at radius 2 is 2.19 bits per heavy atom. The summed E-state index contributed by atoms with van der Waals surface area (Å²) in [5, 5.41) is 13.6. The third-order valence-electron chi connectivity index (χ3n) is 4.01. The number of aromatic carboxylic acids is 1. The number of aromatic nitrogens is 2. The summed E-state index contributed by atoms with van der Waals surface area (Å²) >= 11 is 0. The Labute approximate surface area is 127 Å². The van der Waals surface area contributed by atoms with Gasteiger partial charge < -0.3 is 9.84 Å². The minimum atomic E-state index is -1.10. The van der Waals surface area contributed by atoms with Crippen molar-refractivity contribution in [2.24, 2.45) is 5.92 Å². The van der Waals surface area contributed by atoms with E-state index in [0.717, 1.165) is 43.2 Å². The van der Waals surface area contributed by atoms with Crippen LogP contribution in [0.2, 0.25) is 25.7 Å². The van der Waals surface area contributed by atoms with Crippen LogP contribution in [0.1, 0.15) is 35.1 Å². The lowest BCUT2D eigenvalue weighted by Crippen LogP contribution is -2.22. The lowest BCUT2D eigenvalue weighted by Gasteiger charge is -2.20. The van der Waals surface area contributed by atoms with Crippen LogP contribution >= 0.6 is 0 Å². The Balaban J connectivity index is 2.07. The molecule has 1 N–H and O–H groups in total. The van der Waals surface area contributed by atoms with Crippen molar-refractivity contribution in [3.63, 3.8) is 0 Å². The van der Waals surface area contributed by atoms with Crippen molar-refractivity contribution in [2.45, 2.75) is 58.6 Å². The van der Waals surface area contributed by atoms with E-state index in [-0.39, 0.29) is 5.69 Å². The molecule has 1 unspecified atom stereocenters. The first-order chi connectivity index (χ1) is 9.78. The summed E-state index contributed by atoms with van der Waals surface area (Å²) in [5.41, 5.74) is 2.18. The van der Waals surface area contributed by atoms with Crippen LogP contribution in [0.25, 0.3) is 0 Å². The molecule has 6 heteroatoms. The summed E-state index contributed by atoms with van der Waals surface area (Å²) in [6.45, 7) is 10.2. The molecule has 1 atom stereocenters. The molecular weight excluding hydrogens is 284 g/mol. The number of fused-ring (bicyclic) bond motifs is 1. The van der Waals surface area contributed by atoms with E-state index in [2.05, 4.69) is 31.7 Å². The highest BCUT2D eigenvalue weighted by Crippen LogP contribution is 2.28. The second-order valence-corrected chi connectivity index (χ2v) is 12.9. The second-order valence-electron chi connectivity index (χ2n) is 7.27. The molecule has 0 aromatic carbocycles. The monoisotopic (exact) mass is 310 g/mol. The standard InChI is InChI=1S/C15H26N2O3Si/c1-11-5-6-12-13(9-11)17(16-14(12)15(18)19)10-20-7-8-21(2,3)4/h11H,5-10H2,1-4H3,(H,18,19). The van der Waals surface area contributed by atoms with Gasteiger partial charge in [0.1, 0.15) is 6.73 Å². The van der Waals surface area contributed by atoms with Gasteiger partial charge in [0.05, 0.1) is 0 Å². The van der Waals surface area contributed by atoms with E-state index in [1.165, 1.54) is 0 Å². The Morgan fingerprint density at radius 1 is 1.48 bits per heavy atom. The van der Waals surface area contributed by atoms with Crippen molar-refractivity contribution in [3.8, 4) is 0 Å². The third kappa shape index (κ3) is 4.17. The predicted molar refractivity (Wildman–Crippen MR) is 84.5 cm³/mol. The van der Waals surface area contributed by atoms with Gasteiger partial charge in [-0.2, -0.15) is 5.10 Å². The van der Waals surface area contributed by atoms with Crippen LogP contribution in [-0.2, 0) is 24.3 Å². The predicted octanol–water partition coefficient (Wildman–Crippen LogP) is 3.02. The van der Waals surface area contributed by atoms with Gasteiger partial charge in [-0.1, -0.05) is 26.6 Å². The molecule has 0 saturated heterocycles. The van der Waals surface area contributed by atoms with Gasteiger partial charge >= 0.3 is 5.97 Å². The van der Waals surface area contributed by atoms with Crippen LogP contribution in [0.15, 0.2) is 0 Å². The largest absolute Gasteiger partial charge is 0.476 e. The number of ether oxygens (including phenoxy) is 1. The number of rotatable bonds is 6. The minimum absolute atomic E-state index is 0.214. The van der Waals surface area contributed by atoms with E-state index in [4.69, 9.17) is 4.74 Å². The summed E-state index contributed by atoms with van der Waals surface area (Å²) in [6, 6.07) is 1.11. The SMILES string of the molecule is CC1CCc2c(C(=O)O)nn(COCC[Si](C)(C)C)c2C1. The molecule has 0 radical (unpaired) electrons. The van der Waals surface area contributed by atoms with E-state index in [0.29, 0.717) is 12.6 Å². The summed E-state index contributed by atoms with van der Waals surface area (Å²) in [7, 11) is -1.10. The van der Waals surface area contributed by atoms with Gasteiger partial charge in [0, 0.05) is 25.9 Å². The van der Waals surface area contributed by atoms with Crippen LogP contribution < -0.4 is 0 Å². The quantitative estimate of drug-likeness (QED) is 0.648. The molecule has 21 heavy (non-hydrogen) atoms. The number of nitrogens with zero attached hydrogens (tertiary/aromatic N) is 2. The molecule has 1 aromatic rings. The van der Waals surface area contributed by atoms with Crippen molar-refractivity contribution in [3.05, 3.63) is 17.0 Å². The summed E-state index contributed by atoms with van der Waals surface area (Å²) in [5.74, 6) is -0.349. The molecule has 2 rings (SSSR count). The number of carbonyl (C=O) groups is 1. The van der Waals surface area contributed by atoms with Crippen LogP contribution in [-0.4, -0.2) is 35.5 Å². The first-order valence-electron chi connectivity index (χ1n) is 7.67. The molecule has 0 aliphatic heterocycles. The Hall–Kier alpha value is -1.14. The van der Waals surface area contributed by atoms with Crippen LogP contribution in [0.3, 0.4) is 0 Å². The third-order valence-corrected chi connectivity index (χ3v) is 5.71. The average Bonchev–Trinajstić information content (AvgIpc) is 2.72. The second kappa shape index (κ2) is 6.32. The maximum atomic E-state index is 11.3. The Kier molecular flexibility index (Phi) is 4.88. The van der Waals surface area contributed by atoms with E-state index in [1.807, 2.05) is 0 Å². The zero-order valence-corrected chi connectivity index (χ0v) is 14.5. The summed E-state index contributed by atoms with van der Waals surface area (Å²) in [6.07, 6.45) is 2.75. The normalized spacial score (nSPS) is 18.6. The van der Waals surface area contributed by atoms with Crippen molar-refractivity contribution in [1.82, 2.24) is 9.78 Å². The van der Waals surface area contributed by atoms with Crippen molar-refractivity contribution >= 4 is 14.0 Å². The van der Waals surface area contributed by atoms with Gasteiger partial charge in [-0.05, 0) is 31.2 Å². The van der Waals surface area contributed by atoms with Gasteiger partial charge in [-0.3, -0.25) is 0 Å². The van der Waals surface area contributed by atoms with E-state index >= 15 is 0 Å². The fourth-order valence-electron chi connectivity index (χ4n) is 2.66. The number of carboxylic acid groups (broad SMARTS) is 1. The van der Waals surface area contributed by atoms with Crippen molar-refractivity contribution < 1.29 is 14.6 Å². The van der Waals surface area contributed by atoms with Gasteiger partial charge in [0.2, 0.25) is 0 Å². The molecule has 118 valence electrons. The number of carboxylic acids is 1. The van der Waals surface area contributed by atoms with Gasteiger partial charge in [-0.15, -0.1) is 0 Å². The average molecular weight is 310 g/mol. The van der Waals surface area contributed by atoms with Gasteiger partial charge in [0.15, 0.2) is 5.69 Å². The highest BCUT2D eigenvalue weighted by molar-refractivity contribution is 6.76. The Morgan fingerprint density at radius 3 is 2.81 bits per heavy atom. The van der Waals surface area contributed by atoms with Gasteiger partial charge in [0.25, 0.3) is 0 Å². The summed E-state index contributed by atoms with van der Waals surface area (Å²) in [4.78, 5) is 11.3. The smallest absolute Gasteiger partial charge is 0.356 e. The molecular formula is C15H26N2O3Si. The molecule has 1 aliphatic carbocycles. The molecule has 0 bridgehead atoms. The van der Waals surface area contributed by atoms with Crippen molar-refractivity contribution in [1.29, 1.82) is 0 Å². The first kappa shape index (κ1) is 16.2. The molecule has 0 spiro atoms. The van der Waals surface area contributed by atoms with Crippen LogP contribution in [0, 0.1) is 5.92 Å². The van der Waals surface area contributed by atoms with E-state index in [9.17, 15) is 9.90 Å². The maximum Gasteiger partial charge on any atom is 0.356 e. The van der Waals surface area contributed by atoms with Crippen LogP contribution in [0.5, 0.6) is 0 Å². The number of hydrogen-bond donors (Lipinski definition) is 1. The topological polar surface area (TPSA) is 64.3 Å². The highest BCUT2D eigenvalue weighted by atomic mass is 28.3. The molecule has 5 nitrogen and oxygen atoms in total. The number of hydrogen-bond acceptors (Lipinski definition) is 3. The van der Waals surface area contributed by atoms with E-state index in [1.54, 1.807) is 4.68 Å².